The highest BCUT2D eigenvalue weighted by atomic mass is 16.5. The Labute approximate surface area is 126 Å². The van der Waals surface area contributed by atoms with Gasteiger partial charge in [-0.25, -0.2) is 0 Å². The Hall–Kier alpha value is -2.25. The van der Waals surface area contributed by atoms with E-state index in [4.69, 9.17) is 10.00 Å². The van der Waals surface area contributed by atoms with Gasteiger partial charge in [0.05, 0.1) is 12.7 Å². The topological polar surface area (TPSA) is 50.0 Å². The molecule has 4 heteroatoms. The minimum atomic E-state index is 0.461. The number of aromatic nitrogens is 1. The highest BCUT2D eigenvalue weighted by molar-refractivity contribution is 5.45. The Bertz CT molecular complexity index is 638. The SMILES string of the molecule is COc1cc(Cn2cccc2CNC(C)C)ccc1C#N. The van der Waals surface area contributed by atoms with Crippen LogP contribution in [-0.2, 0) is 13.1 Å². The summed E-state index contributed by atoms with van der Waals surface area (Å²) in [4.78, 5) is 0. The summed E-state index contributed by atoms with van der Waals surface area (Å²) in [7, 11) is 1.59. The van der Waals surface area contributed by atoms with Crippen LogP contribution < -0.4 is 10.1 Å². The maximum Gasteiger partial charge on any atom is 0.136 e. The number of rotatable bonds is 6. The molecular formula is C17H21N3O. The summed E-state index contributed by atoms with van der Waals surface area (Å²) >= 11 is 0. The van der Waals surface area contributed by atoms with Crippen LogP contribution in [0.4, 0.5) is 0 Å². The molecule has 1 heterocycles. The van der Waals surface area contributed by atoms with Gasteiger partial charge in [-0.3, -0.25) is 0 Å². The summed E-state index contributed by atoms with van der Waals surface area (Å²) in [5.41, 5.74) is 2.93. The van der Waals surface area contributed by atoms with Crippen molar-refractivity contribution < 1.29 is 4.74 Å². The van der Waals surface area contributed by atoms with Crippen LogP contribution in [0.15, 0.2) is 36.5 Å². The summed E-state index contributed by atoms with van der Waals surface area (Å²) in [5.74, 6) is 0.629. The number of nitriles is 1. The van der Waals surface area contributed by atoms with E-state index in [0.717, 1.165) is 18.7 Å². The number of methoxy groups -OCH3 is 1. The van der Waals surface area contributed by atoms with Crippen LogP contribution in [0.1, 0.15) is 30.7 Å². The Kier molecular flexibility index (Phi) is 5.02. The van der Waals surface area contributed by atoms with Gasteiger partial charge in [-0.05, 0) is 29.8 Å². The van der Waals surface area contributed by atoms with Crippen LogP contribution in [0, 0.1) is 11.3 Å². The number of nitrogens with zero attached hydrogens (tertiary/aromatic N) is 2. The lowest BCUT2D eigenvalue weighted by atomic mass is 10.1. The zero-order chi connectivity index (χ0) is 15.2. The maximum atomic E-state index is 9.02. The summed E-state index contributed by atoms with van der Waals surface area (Å²) in [6, 6.07) is 12.5. The monoisotopic (exact) mass is 283 g/mol. The molecule has 0 aliphatic carbocycles. The molecule has 4 nitrogen and oxygen atoms in total. The Morgan fingerprint density at radius 2 is 2.14 bits per heavy atom. The normalized spacial score (nSPS) is 10.6. The number of hydrogen-bond donors (Lipinski definition) is 1. The second-order valence-corrected chi connectivity index (χ2v) is 5.31. The van der Waals surface area contributed by atoms with Gasteiger partial charge in [0.2, 0.25) is 0 Å². The van der Waals surface area contributed by atoms with Crippen molar-refractivity contribution >= 4 is 0 Å². The first-order valence-corrected chi connectivity index (χ1v) is 7.08. The van der Waals surface area contributed by atoms with Gasteiger partial charge in [0.15, 0.2) is 0 Å². The molecule has 21 heavy (non-hydrogen) atoms. The Morgan fingerprint density at radius 3 is 2.81 bits per heavy atom. The molecule has 0 radical (unpaired) electrons. The average Bonchev–Trinajstić information content (AvgIpc) is 2.92. The quantitative estimate of drug-likeness (QED) is 0.887. The molecule has 110 valence electrons. The average molecular weight is 283 g/mol. The molecule has 1 aromatic heterocycles. The predicted octanol–water partition coefficient (Wildman–Crippen LogP) is 2.91. The molecule has 0 fully saturated rings. The lowest BCUT2D eigenvalue weighted by molar-refractivity contribution is 0.412. The standard InChI is InChI=1S/C17H21N3O/c1-13(2)19-11-16-5-4-8-20(16)12-14-6-7-15(10-18)17(9-14)21-3/h4-9,13,19H,11-12H2,1-3H3. The van der Waals surface area contributed by atoms with Gasteiger partial charge < -0.3 is 14.6 Å². The zero-order valence-electron chi connectivity index (χ0n) is 12.8. The van der Waals surface area contributed by atoms with E-state index in [-0.39, 0.29) is 0 Å². The molecular weight excluding hydrogens is 262 g/mol. The van der Waals surface area contributed by atoms with Crippen molar-refractivity contribution in [3.05, 3.63) is 53.3 Å². The molecule has 0 spiro atoms. The van der Waals surface area contributed by atoms with E-state index in [0.29, 0.717) is 17.4 Å². The van der Waals surface area contributed by atoms with Gasteiger partial charge in [0.25, 0.3) is 0 Å². The molecule has 2 rings (SSSR count). The molecule has 1 aromatic carbocycles. The van der Waals surface area contributed by atoms with Gasteiger partial charge in [0, 0.05) is 31.0 Å². The summed E-state index contributed by atoms with van der Waals surface area (Å²) in [6.45, 7) is 5.89. The number of ether oxygens (including phenoxy) is 1. The molecule has 0 amide bonds. The van der Waals surface area contributed by atoms with E-state index in [9.17, 15) is 0 Å². The highest BCUT2D eigenvalue weighted by Crippen LogP contribution is 2.20. The van der Waals surface area contributed by atoms with Crippen LogP contribution in [0.2, 0.25) is 0 Å². The van der Waals surface area contributed by atoms with Crippen LogP contribution in [0.25, 0.3) is 0 Å². The lowest BCUT2D eigenvalue weighted by Gasteiger charge is -2.13. The lowest BCUT2D eigenvalue weighted by Crippen LogP contribution is -2.23. The van der Waals surface area contributed by atoms with Crippen molar-refractivity contribution in [3.63, 3.8) is 0 Å². The summed E-state index contributed by atoms with van der Waals surface area (Å²) in [6.07, 6.45) is 2.07. The van der Waals surface area contributed by atoms with Gasteiger partial charge in [0.1, 0.15) is 11.8 Å². The smallest absolute Gasteiger partial charge is 0.136 e. The first-order chi connectivity index (χ1) is 10.1. The maximum absolute atomic E-state index is 9.02. The van der Waals surface area contributed by atoms with E-state index >= 15 is 0 Å². The number of nitrogens with one attached hydrogen (secondary N) is 1. The molecule has 0 saturated heterocycles. The second-order valence-electron chi connectivity index (χ2n) is 5.31. The van der Waals surface area contributed by atoms with Gasteiger partial charge >= 0.3 is 0 Å². The third kappa shape index (κ3) is 3.87. The molecule has 0 bridgehead atoms. The molecule has 0 saturated carbocycles. The predicted molar refractivity (Wildman–Crippen MR) is 83.2 cm³/mol. The summed E-state index contributed by atoms with van der Waals surface area (Å²) in [5, 5.41) is 12.4. The third-order valence-corrected chi connectivity index (χ3v) is 3.35. The van der Waals surface area contributed by atoms with Crippen molar-refractivity contribution in [1.29, 1.82) is 5.26 Å². The number of hydrogen-bond acceptors (Lipinski definition) is 3. The van der Waals surface area contributed by atoms with Gasteiger partial charge in [-0.15, -0.1) is 0 Å². The van der Waals surface area contributed by atoms with Crippen molar-refractivity contribution in [2.75, 3.05) is 7.11 Å². The molecule has 0 atom stereocenters. The molecule has 0 unspecified atom stereocenters. The van der Waals surface area contributed by atoms with Crippen molar-refractivity contribution in [2.45, 2.75) is 33.0 Å². The first-order valence-electron chi connectivity index (χ1n) is 7.08. The van der Waals surface area contributed by atoms with E-state index in [1.165, 1.54) is 5.69 Å². The fourth-order valence-corrected chi connectivity index (χ4v) is 2.20. The second kappa shape index (κ2) is 6.96. The van der Waals surface area contributed by atoms with Crippen LogP contribution in [0.5, 0.6) is 5.75 Å². The molecule has 1 N–H and O–H groups in total. The Morgan fingerprint density at radius 1 is 1.33 bits per heavy atom. The van der Waals surface area contributed by atoms with E-state index in [1.54, 1.807) is 7.11 Å². The van der Waals surface area contributed by atoms with Crippen LogP contribution in [-0.4, -0.2) is 17.7 Å². The van der Waals surface area contributed by atoms with Gasteiger partial charge in [-0.2, -0.15) is 5.26 Å². The van der Waals surface area contributed by atoms with Gasteiger partial charge in [-0.1, -0.05) is 19.9 Å². The molecule has 0 aliphatic heterocycles. The molecule has 2 aromatic rings. The van der Waals surface area contributed by atoms with E-state index in [1.807, 2.05) is 18.2 Å². The minimum absolute atomic E-state index is 0.461. The fourth-order valence-electron chi connectivity index (χ4n) is 2.20. The third-order valence-electron chi connectivity index (χ3n) is 3.35. The molecule has 0 aliphatic rings. The Balaban J connectivity index is 2.15. The minimum Gasteiger partial charge on any atom is -0.495 e. The zero-order valence-corrected chi connectivity index (χ0v) is 12.8. The van der Waals surface area contributed by atoms with Crippen molar-refractivity contribution in [3.8, 4) is 11.8 Å². The van der Waals surface area contributed by atoms with Crippen molar-refractivity contribution in [2.24, 2.45) is 0 Å². The number of benzene rings is 1. The van der Waals surface area contributed by atoms with Crippen LogP contribution in [0.3, 0.4) is 0 Å². The highest BCUT2D eigenvalue weighted by Gasteiger charge is 2.06. The fraction of sp³-hybridized carbons (Fsp3) is 0.353. The van der Waals surface area contributed by atoms with E-state index in [2.05, 4.69) is 48.1 Å². The van der Waals surface area contributed by atoms with Crippen molar-refractivity contribution in [1.82, 2.24) is 9.88 Å². The first kappa shape index (κ1) is 15.1. The largest absolute Gasteiger partial charge is 0.495 e. The van der Waals surface area contributed by atoms with E-state index < -0.39 is 0 Å². The van der Waals surface area contributed by atoms with Crippen LogP contribution >= 0.6 is 0 Å². The summed E-state index contributed by atoms with van der Waals surface area (Å²) < 4.78 is 7.47.